The van der Waals surface area contributed by atoms with Crippen molar-refractivity contribution in [2.45, 2.75) is 18.2 Å². The minimum Gasteiger partial charge on any atom is -0.375 e. The third-order valence-electron chi connectivity index (χ3n) is 4.36. The van der Waals surface area contributed by atoms with Gasteiger partial charge in [0.25, 0.3) is 15.9 Å². The molecule has 0 aromatic heterocycles. The van der Waals surface area contributed by atoms with Crippen LogP contribution in [0.3, 0.4) is 0 Å². The highest BCUT2D eigenvalue weighted by molar-refractivity contribution is 7.92. The van der Waals surface area contributed by atoms with Gasteiger partial charge in [0.2, 0.25) is 5.91 Å². The van der Waals surface area contributed by atoms with Crippen LogP contribution in [-0.2, 0) is 30.8 Å². The van der Waals surface area contributed by atoms with E-state index in [0.29, 0.717) is 18.7 Å². The molecule has 1 heterocycles. The van der Waals surface area contributed by atoms with E-state index in [-0.39, 0.29) is 28.8 Å². The molecule has 2 aromatic carbocycles. The van der Waals surface area contributed by atoms with E-state index in [0.717, 1.165) is 11.6 Å². The number of carbonyl (C=O) groups excluding carboxylic acids is 2. The van der Waals surface area contributed by atoms with Crippen molar-refractivity contribution in [3.8, 4) is 0 Å². The van der Waals surface area contributed by atoms with Crippen LogP contribution in [0.25, 0.3) is 0 Å². The SMILES string of the molecule is COCC(=O)N1CCc2ccc(NS(=O)(=O)c3ccc(NC(C)=O)c(F)c3)cc21. The predicted molar refractivity (Wildman–Crippen MR) is 106 cm³/mol. The quantitative estimate of drug-likeness (QED) is 0.743. The van der Waals surface area contributed by atoms with Crippen molar-refractivity contribution in [2.75, 3.05) is 35.2 Å². The molecule has 2 N–H and O–H groups in total. The molecular weight excluding hydrogens is 401 g/mol. The van der Waals surface area contributed by atoms with Gasteiger partial charge in [-0.2, -0.15) is 0 Å². The van der Waals surface area contributed by atoms with Gasteiger partial charge in [-0.1, -0.05) is 6.07 Å². The van der Waals surface area contributed by atoms with E-state index in [1.54, 1.807) is 23.1 Å². The predicted octanol–water partition coefficient (Wildman–Crippen LogP) is 2.12. The van der Waals surface area contributed by atoms with Crippen molar-refractivity contribution >= 4 is 38.9 Å². The van der Waals surface area contributed by atoms with Crippen molar-refractivity contribution < 1.29 is 27.1 Å². The number of sulfonamides is 1. The number of carbonyl (C=O) groups is 2. The first-order valence-corrected chi connectivity index (χ1v) is 10.2. The number of halogens is 1. The molecule has 0 spiro atoms. The van der Waals surface area contributed by atoms with E-state index < -0.39 is 21.7 Å². The first-order valence-electron chi connectivity index (χ1n) is 8.73. The second-order valence-corrected chi connectivity index (χ2v) is 8.18. The number of nitrogens with one attached hydrogen (secondary N) is 2. The van der Waals surface area contributed by atoms with Crippen LogP contribution < -0.4 is 14.9 Å². The molecule has 2 amide bonds. The third kappa shape index (κ3) is 4.54. The van der Waals surface area contributed by atoms with Crippen LogP contribution in [0.15, 0.2) is 41.3 Å². The van der Waals surface area contributed by atoms with Gasteiger partial charge in [0.15, 0.2) is 0 Å². The van der Waals surface area contributed by atoms with E-state index in [2.05, 4.69) is 10.0 Å². The minimum atomic E-state index is -4.08. The maximum Gasteiger partial charge on any atom is 0.261 e. The van der Waals surface area contributed by atoms with E-state index in [1.165, 1.54) is 26.2 Å². The molecule has 2 aromatic rings. The van der Waals surface area contributed by atoms with Crippen LogP contribution in [0.2, 0.25) is 0 Å². The van der Waals surface area contributed by atoms with Crippen molar-refractivity contribution in [2.24, 2.45) is 0 Å². The van der Waals surface area contributed by atoms with Gasteiger partial charge in [-0.3, -0.25) is 14.3 Å². The minimum absolute atomic E-state index is 0.0741. The van der Waals surface area contributed by atoms with Gasteiger partial charge >= 0.3 is 0 Å². The molecule has 0 saturated carbocycles. The fraction of sp³-hybridized carbons (Fsp3) is 0.263. The summed E-state index contributed by atoms with van der Waals surface area (Å²) in [5.74, 6) is -1.56. The maximum absolute atomic E-state index is 14.1. The summed E-state index contributed by atoms with van der Waals surface area (Å²) >= 11 is 0. The molecule has 10 heteroatoms. The first kappa shape index (κ1) is 20.7. The Morgan fingerprint density at radius 1 is 1.21 bits per heavy atom. The van der Waals surface area contributed by atoms with Crippen molar-refractivity contribution in [3.05, 3.63) is 47.8 Å². The van der Waals surface area contributed by atoms with Gasteiger partial charge < -0.3 is 15.0 Å². The Bertz CT molecular complexity index is 1070. The van der Waals surface area contributed by atoms with Crippen LogP contribution in [-0.4, -0.2) is 40.5 Å². The summed E-state index contributed by atoms with van der Waals surface area (Å²) < 4.78 is 46.7. The van der Waals surface area contributed by atoms with Crippen molar-refractivity contribution in [1.29, 1.82) is 0 Å². The molecule has 0 fully saturated rings. The molecule has 1 aliphatic rings. The molecule has 1 aliphatic heterocycles. The number of hydrogen-bond acceptors (Lipinski definition) is 5. The fourth-order valence-electron chi connectivity index (χ4n) is 3.07. The Morgan fingerprint density at radius 3 is 2.62 bits per heavy atom. The molecule has 0 radical (unpaired) electrons. The van der Waals surface area contributed by atoms with Crippen LogP contribution >= 0.6 is 0 Å². The van der Waals surface area contributed by atoms with E-state index in [4.69, 9.17) is 4.74 Å². The van der Waals surface area contributed by atoms with Crippen molar-refractivity contribution in [1.82, 2.24) is 0 Å². The molecule has 8 nitrogen and oxygen atoms in total. The highest BCUT2D eigenvalue weighted by Crippen LogP contribution is 2.32. The number of fused-ring (bicyclic) bond motifs is 1. The van der Waals surface area contributed by atoms with E-state index in [1.807, 2.05) is 0 Å². The molecule has 29 heavy (non-hydrogen) atoms. The number of nitrogens with zero attached hydrogens (tertiary/aromatic N) is 1. The smallest absolute Gasteiger partial charge is 0.261 e. The Labute approximate surface area is 167 Å². The number of amides is 2. The normalized spacial score (nSPS) is 13.1. The largest absolute Gasteiger partial charge is 0.375 e. The number of benzene rings is 2. The molecule has 0 aliphatic carbocycles. The van der Waals surface area contributed by atoms with Gasteiger partial charge in [-0.05, 0) is 42.3 Å². The van der Waals surface area contributed by atoms with Crippen molar-refractivity contribution in [3.63, 3.8) is 0 Å². The van der Waals surface area contributed by atoms with Gasteiger partial charge in [0.05, 0.1) is 16.3 Å². The molecular formula is C19H20FN3O5S. The summed E-state index contributed by atoms with van der Waals surface area (Å²) in [5.41, 5.74) is 1.66. The number of rotatable bonds is 6. The molecule has 0 bridgehead atoms. The standard InChI is InChI=1S/C19H20FN3O5S/c1-12(24)21-17-6-5-15(10-16(17)20)29(26,27)22-14-4-3-13-7-8-23(18(13)9-14)19(25)11-28-2/h3-6,9-10,22H,7-8,11H2,1-2H3,(H,21,24). The van der Waals surface area contributed by atoms with Crippen LogP contribution in [0, 0.1) is 5.82 Å². The summed E-state index contributed by atoms with van der Waals surface area (Å²) in [6.45, 7) is 1.64. The van der Waals surface area contributed by atoms with Gasteiger partial charge in [-0.15, -0.1) is 0 Å². The molecule has 154 valence electrons. The highest BCUT2D eigenvalue weighted by atomic mass is 32.2. The topological polar surface area (TPSA) is 105 Å². The van der Waals surface area contributed by atoms with Gasteiger partial charge in [0, 0.05) is 26.3 Å². The zero-order valence-electron chi connectivity index (χ0n) is 15.9. The summed E-state index contributed by atoms with van der Waals surface area (Å²) in [5, 5.41) is 2.28. The number of ether oxygens (including phenoxy) is 1. The molecule has 3 rings (SSSR count). The molecule has 0 atom stereocenters. The highest BCUT2D eigenvalue weighted by Gasteiger charge is 2.25. The van der Waals surface area contributed by atoms with Gasteiger partial charge in [0.1, 0.15) is 12.4 Å². The summed E-state index contributed by atoms with van der Waals surface area (Å²) in [7, 11) is -2.65. The Hall–Kier alpha value is -2.98. The maximum atomic E-state index is 14.1. The third-order valence-corrected chi connectivity index (χ3v) is 5.74. The van der Waals surface area contributed by atoms with E-state index >= 15 is 0 Å². The lowest BCUT2D eigenvalue weighted by Gasteiger charge is -2.18. The lowest BCUT2D eigenvalue weighted by molar-refractivity contribution is -0.122. The lowest BCUT2D eigenvalue weighted by atomic mass is 10.1. The second-order valence-electron chi connectivity index (χ2n) is 6.50. The van der Waals surface area contributed by atoms with Crippen LogP contribution in [0.4, 0.5) is 21.5 Å². The first-order chi connectivity index (χ1) is 13.7. The average molecular weight is 421 g/mol. The zero-order valence-corrected chi connectivity index (χ0v) is 16.7. The summed E-state index contributed by atoms with van der Waals surface area (Å²) in [6, 6.07) is 8.10. The zero-order chi connectivity index (χ0) is 21.2. The molecule has 0 unspecified atom stereocenters. The molecule has 0 saturated heterocycles. The monoisotopic (exact) mass is 421 g/mol. The van der Waals surface area contributed by atoms with Gasteiger partial charge in [-0.25, -0.2) is 12.8 Å². The second kappa shape index (κ2) is 8.18. The average Bonchev–Trinajstić information content (AvgIpc) is 3.06. The summed E-state index contributed by atoms with van der Waals surface area (Å²) in [4.78, 5) is 24.5. The summed E-state index contributed by atoms with van der Waals surface area (Å²) in [6.07, 6.45) is 0.660. The van der Waals surface area contributed by atoms with Crippen LogP contribution in [0.5, 0.6) is 0 Å². The number of anilines is 3. The Morgan fingerprint density at radius 2 is 1.97 bits per heavy atom. The van der Waals surface area contributed by atoms with E-state index in [9.17, 15) is 22.4 Å². The van der Waals surface area contributed by atoms with Crippen LogP contribution in [0.1, 0.15) is 12.5 Å². The Kier molecular flexibility index (Phi) is 5.85. The Balaban J connectivity index is 1.84. The lowest BCUT2D eigenvalue weighted by Crippen LogP contribution is -2.32. The number of hydrogen-bond donors (Lipinski definition) is 2. The fourth-order valence-corrected chi connectivity index (χ4v) is 4.13. The number of methoxy groups -OCH3 is 1.